The average molecular weight is 307 g/mol. The van der Waals surface area contributed by atoms with Gasteiger partial charge in [-0.25, -0.2) is 4.98 Å². The molecule has 0 aliphatic heterocycles. The van der Waals surface area contributed by atoms with E-state index in [1.54, 1.807) is 0 Å². The van der Waals surface area contributed by atoms with Gasteiger partial charge in [-0.3, -0.25) is 9.59 Å². The normalized spacial score (nSPS) is 12.8. The first-order valence-electron chi connectivity index (χ1n) is 6.52. The molecule has 1 aliphatic rings. The third kappa shape index (κ3) is 3.46. The van der Waals surface area contributed by atoms with E-state index in [0.29, 0.717) is 11.4 Å². The van der Waals surface area contributed by atoms with Crippen molar-refractivity contribution in [3.63, 3.8) is 0 Å². The van der Waals surface area contributed by atoms with Crippen LogP contribution >= 0.6 is 12.2 Å². The van der Waals surface area contributed by atoms with Gasteiger partial charge in [0.1, 0.15) is 10.8 Å². The number of amides is 2. The van der Waals surface area contributed by atoms with Gasteiger partial charge in [-0.05, 0) is 30.9 Å². The third-order valence-electron chi connectivity index (χ3n) is 3.29. The van der Waals surface area contributed by atoms with Crippen LogP contribution in [0.15, 0.2) is 6.07 Å². The van der Waals surface area contributed by atoms with Gasteiger partial charge in [0.15, 0.2) is 0 Å². The SMILES string of the molecule is NC(=O)CN(CC(N)=O)c1nc2c(cc1C(N)=S)CCC2. The summed E-state index contributed by atoms with van der Waals surface area (Å²) in [5.74, 6) is -0.791. The van der Waals surface area contributed by atoms with E-state index in [1.807, 2.05) is 6.07 Å². The van der Waals surface area contributed by atoms with Crippen molar-refractivity contribution in [2.45, 2.75) is 19.3 Å². The van der Waals surface area contributed by atoms with Gasteiger partial charge in [0.25, 0.3) is 0 Å². The molecule has 1 aliphatic carbocycles. The van der Waals surface area contributed by atoms with Crippen LogP contribution in [0, 0.1) is 0 Å². The Kier molecular flexibility index (Phi) is 4.37. The van der Waals surface area contributed by atoms with Crippen molar-refractivity contribution in [1.82, 2.24) is 4.98 Å². The number of carbonyl (C=O) groups excluding carboxylic acids is 2. The van der Waals surface area contributed by atoms with Crippen molar-refractivity contribution in [3.05, 3.63) is 22.9 Å². The molecular weight excluding hydrogens is 290 g/mol. The van der Waals surface area contributed by atoms with Crippen LogP contribution in [0.25, 0.3) is 0 Å². The molecule has 0 aromatic carbocycles. The summed E-state index contributed by atoms with van der Waals surface area (Å²) in [4.78, 5) is 28.5. The molecule has 2 rings (SSSR count). The Labute approximate surface area is 127 Å². The maximum atomic E-state index is 11.2. The molecule has 112 valence electrons. The number of rotatable bonds is 6. The molecule has 0 saturated carbocycles. The summed E-state index contributed by atoms with van der Waals surface area (Å²) in [5, 5.41) is 0. The summed E-state index contributed by atoms with van der Waals surface area (Å²) in [6.45, 7) is -0.353. The van der Waals surface area contributed by atoms with E-state index in [0.717, 1.165) is 30.5 Å². The molecule has 21 heavy (non-hydrogen) atoms. The van der Waals surface area contributed by atoms with Gasteiger partial charge < -0.3 is 22.1 Å². The standard InChI is InChI=1S/C13H17N5O2S/c14-10(19)5-18(6-11(15)20)13-8(12(16)21)4-7-2-1-3-9(7)17-13/h4H,1-3,5-6H2,(H2,14,19)(H2,15,20)(H2,16,21). The van der Waals surface area contributed by atoms with E-state index in [9.17, 15) is 9.59 Å². The minimum Gasteiger partial charge on any atom is -0.389 e. The number of pyridine rings is 1. The summed E-state index contributed by atoms with van der Waals surface area (Å²) in [6.07, 6.45) is 2.78. The molecular formula is C13H17N5O2S. The highest BCUT2D eigenvalue weighted by molar-refractivity contribution is 7.80. The second-order valence-corrected chi connectivity index (χ2v) is 5.41. The summed E-state index contributed by atoms with van der Waals surface area (Å²) < 4.78 is 0. The Balaban J connectivity index is 2.49. The van der Waals surface area contributed by atoms with Crippen LogP contribution in [0.5, 0.6) is 0 Å². The minimum atomic E-state index is -0.590. The Bertz CT molecular complexity index is 601. The molecule has 7 nitrogen and oxygen atoms in total. The lowest BCUT2D eigenvalue weighted by molar-refractivity contribution is -0.117. The van der Waals surface area contributed by atoms with Crippen LogP contribution in [0.1, 0.15) is 23.2 Å². The van der Waals surface area contributed by atoms with Gasteiger partial charge in [-0.15, -0.1) is 0 Å². The van der Waals surface area contributed by atoms with Crippen LogP contribution < -0.4 is 22.1 Å². The molecule has 1 aromatic rings. The van der Waals surface area contributed by atoms with Crippen LogP contribution in [-0.4, -0.2) is 34.9 Å². The van der Waals surface area contributed by atoms with Gasteiger partial charge in [0.2, 0.25) is 11.8 Å². The number of aryl methyl sites for hydroxylation is 2. The fraction of sp³-hybridized carbons (Fsp3) is 0.385. The highest BCUT2D eigenvalue weighted by atomic mass is 32.1. The lowest BCUT2D eigenvalue weighted by atomic mass is 10.1. The molecule has 0 unspecified atom stereocenters. The zero-order chi connectivity index (χ0) is 15.6. The topological polar surface area (TPSA) is 128 Å². The molecule has 0 spiro atoms. The highest BCUT2D eigenvalue weighted by Crippen LogP contribution is 2.27. The maximum absolute atomic E-state index is 11.2. The first-order valence-corrected chi connectivity index (χ1v) is 6.93. The zero-order valence-electron chi connectivity index (χ0n) is 11.5. The molecule has 0 radical (unpaired) electrons. The lowest BCUT2D eigenvalue weighted by Gasteiger charge is -2.24. The molecule has 1 heterocycles. The van der Waals surface area contributed by atoms with Crippen LogP contribution in [0.4, 0.5) is 5.82 Å². The Morgan fingerprint density at radius 1 is 1.19 bits per heavy atom. The number of carbonyl (C=O) groups is 2. The number of anilines is 1. The third-order valence-corrected chi connectivity index (χ3v) is 3.51. The molecule has 0 saturated heterocycles. The van der Waals surface area contributed by atoms with E-state index in [2.05, 4.69) is 4.98 Å². The number of nitrogens with zero attached hydrogens (tertiary/aromatic N) is 2. The molecule has 2 amide bonds. The number of thiocarbonyl (C=S) groups is 1. The van der Waals surface area contributed by atoms with Gasteiger partial charge in [-0.1, -0.05) is 12.2 Å². The van der Waals surface area contributed by atoms with E-state index in [-0.39, 0.29) is 18.1 Å². The lowest BCUT2D eigenvalue weighted by Crippen LogP contribution is -2.41. The van der Waals surface area contributed by atoms with Gasteiger partial charge in [0.05, 0.1) is 18.7 Å². The molecule has 0 fully saturated rings. The molecule has 8 heteroatoms. The van der Waals surface area contributed by atoms with Gasteiger partial charge >= 0.3 is 0 Å². The second-order valence-electron chi connectivity index (χ2n) is 4.97. The quantitative estimate of drug-likeness (QED) is 0.577. The number of fused-ring (bicyclic) bond motifs is 1. The first-order chi connectivity index (χ1) is 9.88. The van der Waals surface area contributed by atoms with Crippen molar-refractivity contribution in [3.8, 4) is 0 Å². The summed E-state index contributed by atoms with van der Waals surface area (Å²) in [7, 11) is 0. The van der Waals surface area contributed by atoms with Crippen molar-refractivity contribution in [1.29, 1.82) is 0 Å². The van der Waals surface area contributed by atoms with E-state index >= 15 is 0 Å². The summed E-state index contributed by atoms with van der Waals surface area (Å²) >= 11 is 5.05. The van der Waals surface area contributed by atoms with Crippen LogP contribution in [0.3, 0.4) is 0 Å². The predicted octanol–water partition coefficient (Wildman–Crippen LogP) is -1.02. The van der Waals surface area contributed by atoms with Crippen molar-refractivity contribution < 1.29 is 9.59 Å². The minimum absolute atomic E-state index is 0.158. The smallest absolute Gasteiger partial charge is 0.237 e. The van der Waals surface area contributed by atoms with E-state index < -0.39 is 11.8 Å². The maximum Gasteiger partial charge on any atom is 0.237 e. The van der Waals surface area contributed by atoms with E-state index in [1.165, 1.54) is 4.90 Å². The molecule has 0 bridgehead atoms. The first kappa shape index (κ1) is 15.2. The predicted molar refractivity (Wildman–Crippen MR) is 82.8 cm³/mol. The second kappa shape index (κ2) is 6.04. The number of hydrogen-bond acceptors (Lipinski definition) is 5. The fourth-order valence-corrected chi connectivity index (χ4v) is 2.62. The Hall–Kier alpha value is -2.22. The summed E-state index contributed by atoms with van der Waals surface area (Å²) in [5.41, 5.74) is 18.7. The largest absolute Gasteiger partial charge is 0.389 e. The molecule has 1 aromatic heterocycles. The number of hydrogen-bond donors (Lipinski definition) is 3. The average Bonchev–Trinajstić information content (AvgIpc) is 2.82. The number of nitrogens with two attached hydrogens (primary N) is 3. The monoisotopic (exact) mass is 307 g/mol. The van der Waals surface area contributed by atoms with Gasteiger partial charge in [-0.2, -0.15) is 0 Å². The van der Waals surface area contributed by atoms with E-state index in [4.69, 9.17) is 29.4 Å². The van der Waals surface area contributed by atoms with Gasteiger partial charge in [0, 0.05) is 5.69 Å². The Morgan fingerprint density at radius 3 is 2.33 bits per heavy atom. The van der Waals surface area contributed by atoms with Crippen molar-refractivity contribution in [2.24, 2.45) is 17.2 Å². The molecule has 0 atom stereocenters. The van der Waals surface area contributed by atoms with Crippen LogP contribution in [-0.2, 0) is 22.4 Å². The van der Waals surface area contributed by atoms with Crippen molar-refractivity contribution >= 4 is 34.8 Å². The number of aromatic nitrogens is 1. The fourth-order valence-electron chi connectivity index (χ4n) is 2.47. The zero-order valence-corrected chi connectivity index (χ0v) is 12.3. The Morgan fingerprint density at radius 2 is 1.81 bits per heavy atom. The summed E-state index contributed by atoms with van der Waals surface area (Å²) in [6, 6.07) is 1.88. The van der Waals surface area contributed by atoms with Crippen LogP contribution in [0.2, 0.25) is 0 Å². The highest BCUT2D eigenvalue weighted by Gasteiger charge is 2.23. The molecule has 6 N–H and O–H groups in total. The number of primary amides is 2. The van der Waals surface area contributed by atoms with Crippen molar-refractivity contribution in [2.75, 3.05) is 18.0 Å².